The van der Waals surface area contributed by atoms with Crippen molar-refractivity contribution in [3.63, 3.8) is 0 Å². The molecule has 0 spiro atoms. The van der Waals surface area contributed by atoms with E-state index in [1.54, 1.807) is 18.5 Å². The number of imidazole rings is 1. The summed E-state index contributed by atoms with van der Waals surface area (Å²) in [7, 11) is 1.62. The molecule has 148 valence electrons. The van der Waals surface area contributed by atoms with Crippen molar-refractivity contribution in [3.8, 4) is 6.07 Å². The number of rotatable bonds is 4. The first-order valence-corrected chi connectivity index (χ1v) is 9.00. The maximum Gasteiger partial charge on any atom is 0.330 e. The number of nitrogens with two attached hydrogens (primary N) is 1. The van der Waals surface area contributed by atoms with Gasteiger partial charge in [0.05, 0.1) is 29.4 Å². The van der Waals surface area contributed by atoms with Crippen molar-refractivity contribution in [1.29, 1.82) is 5.26 Å². The lowest BCUT2D eigenvalue weighted by atomic mass is 9.81. The first-order chi connectivity index (χ1) is 13.8. The molecule has 9 nitrogen and oxygen atoms in total. The highest BCUT2D eigenvalue weighted by Crippen LogP contribution is 2.37. The average Bonchev–Trinajstić information content (AvgIpc) is 2.88. The molecule has 0 unspecified atom stereocenters. The van der Waals surface area contributed by atoms with Crippen molar-refractivity contribution >= 4 is 28.7 Å². The van der Waals surface area contributed by atoms with Gasteiger partial charge in [-0.15, -0.1) is 0 Å². The Morgan fingerprint density at radius 2 is 2.14 bits per heavy atom. The van der Waals surface area contributed by atoms with E-state index in [2.05, 4.69) is 21.4 Å². The second-order valence-corrected chi connectivity index (χ2v) is 7.23. The molecule has 0 aliphatic heterocycles. The first kappa shape index (κ1) is 18.6. The predicted octanol–water partition coefficient (Wildman–Crippen LogP) is 1.89. The fourth-order valence-corrected chi connectivity index (χ4v) is 3.59. The zero-order valence-corrected chi connectivity index (χ0v) is 15.8. The van der Waals surface area contributed by atoms with Gasteiger partial charge in [-0.1, -0.05) is 0 Å². The summed E-state index contributed by atoms with van der Waals surface area (Å²) in [5, 5.41) is 11.8. The van der Waals surface area contributed by atoms with E-state index < -0.39 is 11.7 Å². The Balaban J connectivity index is 1.77. The number of fused-ring (bicyclic) bond motifs is 1. The molecule has 1 fully saturated rings. The van der Waals surface area contributed by atoms with Crippen molar-refractivity contribution in [2.75, 3.05) is 5.32 Å². The van der Waals surface area contributed by atoms with E-state index in [0.29, 0.717) is 29.6 Å². The number of carbonyl (C=O) groups is 1. The number of amides is 1. The van der Waals surface area contributed by atoms with Crippen molar-refractivity contribution in [1.82, 2.24) is 19.1 Å². The SMILES string of the molecule is Cc1cc(Nc2ncc3c(n2)n([C@H]2C[C@H](C#N)C2)c(=O)n3C)c(F)c(C(N)=O)c1. The van der Waals surface area contributed by atoms with E-state index in [-0.39, 0.29) is 34.8 Å². The molecule has 2 heterocycles. The van der Waals surface area contributed by atoms with E-state index >= 15 is 0 Å². The van der Waals surface area contributed by atoms with Crippen molar-refractivity contribution in [2.24, 2.45) is 18.7 Å². The van der Waals surface area contributed by atoms with Crippen LogP contribution in [0.5, 0.6) is 0 Å². The summed E-state index contributed by atoms with van der Waals surface area (Å²) in [5.74, 6) is -1.67. The van der Waals surface area contributed by atoms with Crippen LogP contribution in [0.3, 0.4) is 0 Å². The van der Waals surface area contributed by atoms with Gasteiger partial charge in [0.1, 0.15) is 5.52 Å². The third-order valence-electron chi connectivity index (χ3n) is 5.22. The summed E-state index contributed by atoms with van der Waals surface area (Å²) in [6.07, 6.45) is 2.64. The van der Waals surface area contributed by atoms with Crippen LogP contribution in [0, 0.1) is 30.0 Å². The number of nitrogens with zero attached hydrogens (tertiary/aromatic N) is 5. The van der Waals surface area contributed by atoms with Crippen LogP contribution in [-0.4, -0.2) is 25.0 Å². The molecular formula is C19H18FN7O2. The van der Waals surface area contributed by atoms with Gasteiger partial charge in [0, 0.05) is 13.1 Å². The molecule has 1 aliphatic carbocycles. The van der Waals surface area contributed by atoms with Crippen LogP contribution in [0.15, 0.2) is 23.1 Å². The third-order valence-corrected chi connectivity index (χ3v) is 5.22. The predicted molar refractivity (Wildman–Crippen MR) is 103 cm³/mol. The Kier molecular flexibility index (Phi) is 4.30. The topological polar surface area (TPSA) is 132 Å². The van der Waals surface area contributed by atoms with Gasteiger partial charge in [0.2, 0.25) is 5.95 Å². The molecule has 1 aromatic carbocycles. The van der Waals surface area contributed by atoms with Crippen molar-refractivity contribution in [3.05, 3.63) is 45.8 Å². The van der Waals surface area contributed by atoms with Gasteiger partial charge in [0.15, 0.2) is 11.5 Å². The Bertz CT molecular complexity index is 1250. The summed E-state index contributed by atoms with van der Waals surface area (Å²) in [4.78, 5) is 32.7. The molecule has 1 aliphatic rings. The number of nitrogens with one attached hydrogen (secondary N) is 1. The fraction of sp³-hybridized carbons (Fsp3) is 0.316. The van der Waals surface area contributed by atoms with E-state index in [0.717, 1.165) is 0 Å². The maximum absolute atomic E-state index is 14.6. The number of anilines is 2. The summed E-state index contributed by atoms with van der Waals surface area (Å²) >= 11 is 0. The van der Waals surface area contributed by atoms with Crippen molar-refractivity contribution in [2.45, 2.75) is 25.8 Å². The number of carbonyl (C=O) groups excluding carboxylic acids is 1. The fourth-order valence-electron chi connectivity index (χ4n) is 3.59. The summed E-state index contributed by atoms with van der Waals surface area (Å²) in [6, 6.07) is 4.96. The standard InChI is InChI=1S/C19H18FN7O2/c1-9-3-12(16(22)28)15(20)13(4-9)24-18-23-8-14-17(25-18)27(19(29)26(14)2)11-5-10(6-11)7-21/h3-4,8,10-11H,5-6H2,1-2H3,(H2,22,28)(H,23,24,25)/t10-,11-. The lowest BCUT2D eigenvalue weighted by Gasteiger charge is -2.31. The summed E-state index contributed by atoms with van der Waals surface area (Å²) in [6.45, 7) is 1.71. The van der Waals surface area contributed by atoms with Crippen LogP contribution in [0.2, 0.25) is 0 Å². The van der Waals surface area contributed by atoms with E-state index in [1.165, 1.54) is 22.9 Å². The Morgan fingerprint density at radius 1 is 1.41 bits per heavy atom. The van der Waals surface area contributed by atoms with Gasteiger partial charge >= 0.3 is 5.69 Å². The summed E-state index contributed by atoms with van der Waals surface area (Å²) in [5.41, 5.74) is 6.34. The van der Waals surface area contributed by atoms with Gasteiger partial charge in [-0.3, -0.25) is 13.9 Å². The van der Waals surface area contributed by atoms with Gasteiger partial charge in [-0.25, -0.2) is 14.2 Å². The molecule has 2 aromatic heterocycles. The van der Waals surface area contributed by atoms with Gasteiger partial charge in [-0.2, -0.15) is 10.2 Å². The highest BCUT2D eigenvalue weighted by atomic mass is 19.1. The average molecular weight is 395 g/mol. The van der Waals surface area contributed by atoms with E-state index in [4.69, 9.17) is 11.0 Å². The maximum atomic E-state index is 14.6. The molecule has 0 saturated heterocycles. The number of aromatic nitrogens is 4. The van der Waals surface area contributed by atoms with Crippen LogP contribution in [0.4, 0.5) is 16.0 Å². The molecule has 3 N–H and O–H groups in total. The number of aryl methyl sites for hydroxylation is 2. The monoisotopic (exact) mass is 395 g/mol. The number of benzene rings is 1. The van der Waals surface area contributed by atoms with Crippen molar-refractivity contribution < 1.29 is 9.18 Å². The molecule has 0 atom stereocenters. The minimum atomic E-state index is -0.875. The van der Waals surface area contributed by atoms with Gasteiger partial charge in [0.25, 0.3) is 5.91 Å². The van der Waals surface area contributed by atoms with Crippen LogP contribution >= 0.6 is 0 Å². The van der Waals surface area contributed by atoms with E-state index in [1.807, 2.05) is 0 Å². The smallest absolute Gasteiger partial charge is 0.330 e. The zero-order chi connectivity index (χ0) is 20.9. The molecule has 4 rings (SSSR count). The highest BCUT2D eigenvalue weighted by molar-refractivity contribution is 5.94. The number of nitriles is 1. The third kappa shape index (κ3) is 3.00. The molecule has 1 amide bonds. The van der Waals surface area contributed by atoms with Crippen LogP contribution in [-0.2, 0) is 7.05 Å². The Labute approximate surface area is 164 Å². The molecular weight excluding hydrogens is 377 g/mol. The molecule has 29 heavy (non-hydrogen) atoms. The Hall–Kier alpha value is -3.74. The Morgan fingerprint density at radius 3 is 2.79 bits per heavy atom. The number of primary amides is 1. The van der Waals surface area contributed by atoms with Crippen LogP contribution in [0.25, 0.3) is 11.2 Å². The zero-order valence-electron chi connectivity index (χ0n) is 15.8. The molecule has 3 aromatic rings. The molecule has 1 saturated carbocycles. The molecule has 0 radical (unpaired) electrons. The summed E-state index contributed by atoms with van der Waals surface area (Å²) < 4.78 is 17.6. The highest BCUT2D eigenvalue weighted by Gasteiger charge is 2.33. The van der Waals surface area contributed by atoms with Crippen LogP contribution < -0.4 is 16.7 Å². The molecule has 10 heteroatoms. The largest absolute Gasteiger partial charge is 0.366 e. The van der Waals surface area contributed by atoms with Gasteiger partial charge in [-0.05, 0) is 37.5 Å². The number of halogens is 1. The molecule has 0 bridgehead atoms. The quantitative estimate of drug-likeness (QED) is 0.693. The lowest BCUT2D eigenvalue weighted by Crippen LogP contribution is -2.33. The number of hydrogen-bond donors (Lipinski definition) is 2. The normalized spacial score (nSPS) is 18.3. The second-order valence-electron chi connectivity index (χ2n) is 7.23. The minimum Gasteiger partial charge on any atom is -0.366 e. The first-order valence-electron chi connectivity index (χ1n) is 9.00. The van der Waals surface area contributed by atoms with Gasteiger partial charge < -0.3 is 11.1 Å². The number of hydrogen-bond acceptors (Lipinski definition) is 6. The lowest BCUT2D eigenvalue weighted by molar-refractivity contribution is 0.0996. The van der Waals surface area contributed by atoms with E-state index in [9.17, 15) is 14.0 Å². The minimum absolute atomic E-state index is 0.0103. The van der Waals surface area contributed by atoms with Crippen LogP contribution in [0.1, 0.15) is 34.8 Å². The second kappa shape index (κ2) is 6.70.